The molecule has 1 aliphatic heterocycles. The predicted molar refractivity (Wildman–Crippen MR) is 77.6 cm³/mol. The second-order valence-electron chi connectivity index (χ2n) is 4.82. The molecule has 1 aliphatic rings. The van der Waals surface area contributed by atoms with Gasteiger partial charge in [-0.05, 0) is 42.8 Å². The first-order chi connectivity index (χ1) is 10.1. The molecule has 2 aromatic carbocycles. The van der Waals surface area contributed by atoms with E-state index in [1.807, 2.05) is 0 Å². The van der Waals surface area contributed by atoms with Crippen LogP contribution in [0.5, 0.6) is 11.5 Å². The molecule has 0 fully saturated rings. The van der Waals surface area contributed by atoms with Gasteiger partial charge < -0.3 is 19.9 Å². The smallest absolute Gasteiger partial charge is 0.255 e. The lowest BCUT2D eigenvalue weighted by Gasteiger charge is -2.09. The quantitative estimate of drug-likeness (QED) is 0.910. The highest BCUT2D eigenvalue weighted by molar-refractivity contribution is 6.04. The van der Waals surface area contributed by atoms with Gasteiger partial charge in [-0.1, -0.05) is 12.1 Å². The molecule has 0 radical (unpaired) electrons. The van der Waals surface area contributed by atoms with Crippen molar-refractivity contribution in [3.8, 4) is 11.5 Å². The van der Waals surface area contributed by atoms with Gasteiger partial charge in [0.2, 0.25) is 6.79 Å². The lowest BCUT2D eigenvalue weighted by Crippen LogP contribution is -2.12. The van der Waals surface area contributed by atoms with E-state index < -0.39 is 6.10 Å². The van der Waals surface area contributed by atoms with Gasteiger partial charge in [-0.25, -0.2) is 0 Å². The molecule has 1 atom stereocenters. The largest absolute Gasteiger partial charge is 0.454 e. The standard InChI is InChI=1S/C16H15NO4/c1-10(18)11-3-2-4-13(7-11)17-16(19)12-5-6-14-15(8-12)21-9-20-14/h2-8,10,18H,9H2,1H3,(H,17,19). The first kappa shape index (κ1) is 13.5. The zero-order valence-corrected chi connectivity index (χ0v) is 11.5. The van der Waals surface area contributed by atoms with E-state index in [9.17, 15) is 9.90 Å². The van der Waals surface area contributed by atoms with Gasteiger partial charge in [0.05, 0.1) is 6.10 Å². The van der Waals surface area contributed by atoms with E-state index in [4.69, 9.17) is 9.47 Å². The molecule has 1 unspecified atom stereocenters. The SMILES string of the molecule is CC(O)c1cccc(NC(=O)c2ccc3c(c2)OCO3)c1. The number of fused-ring (bicyclic) bond motifs is 1. The van der Waals surface area contributed by atoms with Gasteiger partial charge in [0.25, 0.3) is 5.91 Å². The summed E-state index contributed by atoms with van der Waals surface area (Å²) in [6.45, 7) is 1.86. The van der Waals surface area contributed by atoms with Gasteiger partial charge >= 0.3 is 0 Å². The van der Waals surface area contributed by atoms with Gasteiger partial charge in [-0.2, -0.15) is 0 Å². The van der Waals surface area contributed by atoms with Crippen molar-refractivity contribution in [1.82, 2.24) is 0 Å². The first-order valence-electron chi connectivity index (χ1n) is 6.62. The predicted octanol–water partition coefficient (Wildman–Crippen LogP) is 2.72. The Morgan fingerprint density at radius 2 is 2.00 bits per heavy atom. The maximum Gasteiger partial charge on any atom is 0.255 e. The summed E-state index contributed by atoms with van der Waals surface area (Å²) in [6, 6.07) is 12.2. The number of hydrogen-bond acceptors (Lipinski definition) is 4. The number of ether oxygens (including phenoxy) is 2. The molecule has 2 N–H and O–H groups in total. The van der Waals surface area contributed by atoms with Crippen LogP contribution in [-0.2, 0) is 0 Å². The third-order valence-electron chi connectivity index (χ3n) is 3.26. The normalized spacial score (nSPS) is 13.8. The van der Waals surface area contributed by atoms with E-state index in [0.717, 1.165) is 5.56 Å². The van der Waals surface area contributed by atoms with Crippen molar-refractivity contribution in [1.29, 1.82) is 0 Å². The lowest BCUT2D eigenvalue weighted by molar-refractivity contribution is 0.102. The van der Waals surface area contributed by atoms with Crippen LogP contribution in [0.2, 0.25) is 0 Å². The molecule has 0 aliphatic carbocycles. The fraction of sp³-hybridized carbons (Fsp3) is 0.188. The molecule has 2 aromatic rings. The summed E-state index contributed by atoms with van der Waals surface area (Å²) in [6.07, 6.45) is -0.576. The zero-order valence-electron chi connectivity index (χ0n) is 11.5. The van der Waals surface area contributed by atoms with E-state index in [-0.39, 0.29) is 12.7 Å². The number of rotatable bonds is 3. The molecule has 5 nitrogen and oxygen atoms in total. The third kappa shape index (κ3) is 2.83. The fourth-order valence-electron chi connectivity index (χ4n) is 2.12. The van der Waals surface area contributed by atoms with Crippen LogP contribution in [0.25, 0.3) is 0 Å². The van der Waals surface area contributed by atoms with Crippen LogP contribution >= 0.6 is 0 Å². The maximum absolute atomic E-state index is 12.2. The van der Waals surface area contributed by atoms with Gasteiger partial charge in [0.15, 0.2) is 11.5 Å². The van der Waals surface area contributed by atoms with Crippen molar-refractivity contribution >= 4 is 11.6 Å². The summed E-state index contributed by atoms with van der Waals surface area (Å²) in [5.74, 6) is 0.971. The molecule has 0 bridgehead atoms. The Kier molecular flexibility index (Phi) is 3.50. The lowest BCUT2D eigenvalue weighted by atomic mass is 10.1. The van der Waals surface area contributed by atoms with Crippen LogP contribution in [0.4, 0.5) is 5.69 Å². The average Bonchev–Trinajstić information content (AvgIpc) is 2.94. The fourth-order valence-corrected chi connectivity index (χ4v) is 2.12. The maximum atomic E-state index is 12.2. The van der Waals surface area contributed by atoms with Crippen molar-refractivity contribution in [2.45, 2.75) is 13.0 Å². The molecule has 1 heterocycles. The number of carbonyl (C=O) groups is 1. The third-order valence-corrected chi connectivity index (χ3v) is 3.26. The van der Waals surface area contributed by atoms with Gasteiger partial charge in [-0.3, -0.25) is 4.79 Å². The second-order valence-corrected chi connectivity index (χ2v) is 4.82. The molecule has 0 saturated heterocycles. The number of benzene rings is 2. The summed E-state index contributed by atoms with van der Waals surface area (Å²) < 4.78 is 10.5. The van der Waals surface area contributed by atoms with E-state index in [0.29, 0.717) is 22.7 Å². The highest BCUT2D eigenvalue weighted by Gasteiger charge is 2.16. The van der Waals surface area contributed by atoms with E-state index in [1.54, 1.807) is 49.4 Å². The summed E-state index contributed by atoms with van der Waals surface area (Å²) in [5, 5.41) is 12.4. The van der Waals surface area contributed by atoms with Crippen LogP contribution in [0.15, 0.2) is 42.5 Å². The Balaban J connectivity index is 1.78. The molecule has 3 rings (SSSR count). The van der Waals surface area contributed by atoms with E-state index in [1.165, 1.54) is 0 Å². The molecular formula is C16H15NO4. The van der Waals surface area contributed by atoms with Crippen molar-refractivity contribution < 1.29 is 19.4 Å². The highest BCUT2D eigenvalue weighted by atomic mass is 16.7. The molecule has 0 saturated carbocycles. The van der Waals surface area contributed by atoms with Crippen LogP contribution in [-0.4, -0.2) is 17.8 Å². The minimum atomic E-state index is -0.576. The molecular weight excluding hydrogens is 270 g/mol. The molecule has 1 amide bonds. The molecule has 0 spiro atoms. The van der Waals surface area contributed by atoms with E-state index in [2.05, 4.69) is 5.32 Å². The highest BCUT2D eigenvalue weighted by Crippen LogP contribution is 2.32. The van der Waals surface area contributed by atoms with E-state index >= 15 is 0 Å². The number of anilines is 1. The number of carbonyl (C=O) groups excluding carboxylic acids is 1. The molecule has 5 heteroatoms. The summed E-state index contributed by atoms with van der Waals surface area (Å²) in [4.78, 5) is 12.2. The Morgan fingerprint density at radius 3 is 2.81 bits per heavy atom. The van der Waals surface area contributed by atoms with Crippen molar-refractivity contribution in [2.75, 3.05) is 12.1 Å². The first-order valence-corrected chi connectivity index (χ1v) is 6.62. The monoisotopic (exact) mass is 285 g/mol. The number of amides is 1. The molecule has 108 valence electrons. The Labute approximate surface area is 122 Å². The number of hydrogen-bond donors (Lipinski definition) is 2. The Morgan fingerprint density at radius 1 is 1.19 bits per heavy atom. The zero-order chi connectivity index (χ0) is 14.8. The van der Waals surface area contributed by atoms with Crippen molar-refractivity contribution in [3.05, 3.63) is 53.6 Å². The van der Waals surface area contributed by atoms with Crippen molar-refractivity contribution in [2.24, 2.45) is 0 Å². The van der Waals surface area contributed by atoms with Crippen molar-refractivity contribution in [3.63, 3.8) is 0 Å². The number of nitrogens with one attached hydrogen (secondary N) is 1. The molecule has 21 heavy (non-hydrogen) atoms. The van der Waals surface area contributed by atoms with Crippen LogP contribution in [0.3, 0.4) is 0 Å². The van der Waals surface area contributed by atoms with Crippen LogP contribution < -0.4 is 14.8 Å². The average molecular weight is 285 g/mol. The summed E-state index contributed by atoms with van der Waals surface area (Å²) in [7, 11) is 0. The van der Waals surface area contributed by atoms with Crippen LogP contribution in [0, 0.1) is 0 Å². The number of aliphatic hydroxyl groups is 1. The topological polar surface area (TPSA) is 67.8 Å². The minimum Gasteiger partial charge on any atom is -0.454 e. The number of aliphatic hydroxyl groups excluding tert-OH is 1. The van der Waals surface area contributed by atoms with Crippen LogP contribution in [0.1, 0.15) is 28.9 Å². The van der Waals surface area contributed by atoms with Gasteiger partial charge in [0, 0.05) is 11.3 Å². The second kappa shape index (κ2) is 5.46. The molecule has 0 aromatic heterocycles. The minimum absolute atomic E-state index is 0.177. The summed E-state index contributed by atoms with van der Waals surface area (Å²) in [5.41, 5.74) is 1.87. The van der Waals surface area contributed by atoms with Gasteiger partial charge in [-0.15, -0.1) is 0 Å². The van der Waals surface area contributed by atoms with Gasteiger partial charge in [0.1, 0.15) is 0 Å². The Hall–Kier alpha value is -2.53. The Bertz CT molecular complexity index is 682. The summed E-state index contributed by atoms with van der Waals surface area (Å²) >= 11 is 0.